The summed E-state index contributed by atoms with van der Waals surface area (Å²) >= 11 is 10.9. The van der Waals surface area contributed by atoms with Crippen molar-refractivity contribution in [3.63, 3.8) is 0 Å². The van der Waals surface area contributed by atoms with Crippen LogP contribution in [0, 0.1) is 0 Å². The van der Waals surface area contributed by atoms with Gasteiger partial charge in [0.05, 0.1) is 23.9 Å². The molecule has 1 aromatic heterocycles. The number of pyridine rings is 1. The van der Waals surface area contributed by atoms with Gasteiger partial charge in [-0.25, -0.2) is 9.78 Å². The molecule has 0 unspecified atom stereocenters. The molecule has 0 radical (unpaired) electrons. The maximum atomic E-state index is 12.0. The van der Waals surface area contributed by atoms with E-state index in [1.165, 1.54) is 7.11 Å². The number of halogens is 1. The van der Waals surface area contributed by atoms with Crippen LogP contribution in [0.1, 0.15) is 44.4 Å². The van der Waals surface area contributed by atoms with Crippen LogP contribution >= 0.6 is 24.2 Å². The summed E-state index contributed by atoms with van der Waals surface area (Å²) in [6.45, 7) is 0. The zero-order valence-corrected chi connectivity index (χ0v) is 19.9. The minimum Gasteiger partial charge on any atom is -0.465 e. The van der Waals surface area contributed by atoms with Gasteiger partial charge in [-0.05, 0) is 59.9 Å². The van der Waals surface area contributed by atoms with E-state index >= 15 is 0 Å². The maximum Gasteiger partial charge on any atom is 0.338 e. The van der Waals surface area contributed by atoms with Crippen LogP contribution in [0.25, 0.3) is 23.1 Å². The van der Waals surface area contributed by atoms with E-state index in [2.05, 4.69) is 29.3 Å². The number of thiol groups is 1. The third kappa shape index (κ3) is 5.84. The molecule has 4 aromatic rings. The minimum absolute atomic E-state index is 0.0463. The number of hydrogen-bond acceptors (Lipinski definition) is 4. The highest BCUT2D eigenvalue weighted by atomic mass is 35.5. The lowest BCUT2D eigenvalue weighted by Crippen LogP contribution is -2.06. The number of fused-ring (bicyclic) bond motifs is 1. The Morgan fingerprint density at radius 1 is 1.03 bits per heavy atom. The topological polar surface area (TPSA) is 39.2 Å². The third-order valence-corrected chi connectivity index (χ3v) is 6.32. The van der Waals surface area contributed by atoms with E-state index in [1.807, 2.05) is 60.7 Å². The van der Waals surface area contributed by atoms with E-state index in [-0.39, 0.29) is 11.2 Å². The Bertz CT molecular complexity index is 1320. The van der Waals surface area contributed by atoms with E-state index in [1.54, 1.807) is 6.07 Å². The molecule has 4 rings (SSSR count). The van der Waals surface area contributed by atoms with E-state index < -0.39 is 0 Å². The van der Waals surface area contributed by atoms with Crippen LogP contribution in [0.15, 0.2) is 78.9 Å². The smallest absolute Gasteiger partial charge is 0.338 e. The van der Waals surface area contributed by atoms with Crippen LogP contribution in [0.2, 0.25) is 5.02 Å². The number of rotatable bonds is 7. The van der Waals surface area contributed by atoms with Crippen molar-refractivity contribution in [2.45, 2.75) is 18.1 Å². The lowest BCUT2D eigenvalue weighted by molar-refractivity contribution is 0.0599. The van der Waals surface area contributed by atoms with Gasteiger partial charge in [0.25, 0.3) is 0 Å². The second kappa shape index (κ2) is 10.7. The Morgan fingerprint density at radius 3 is 2.70 bits per heavy atom. The summed E-state index contributed by atoms with van der Waals surface area (Å²) in [5.41, 5.74) is 5.55. The first-order valence-corrected chi connectivity index (χ1v) is 11.6. The molecule has 1 heterocycles. The summed E-state index contributed by atoms with van der Waals surface area (Å²) in [7, 11) is 1.40. The maximum absolute atomic E-state index is 12.0. The first-order valence-electron chi connectivity index (χ1n) is 10.7. The van der Waals surface area contributed by atoms with E-state index in [4.69, 9.17) is 29.0 Å². The molecule has 0 bridgehead atoms. The number of carbonyl (C=O) groups excluding carboxylic acids is 1. The Hall–Kier alpha value is -3.08. The normalized spacial score (nSPS) is 12.2. The van der Waals surface area contributed by atoms with Crippen LogP contribution in [0.3, 0.4) is 0 Å². The summed E-state index contributed by atoms with van der Waals surface area (Å²) in [6, 6.07) is 25.6. The number of benzene rings is 3. The predicted octanol–water partition coefficient (Wildman–Crippen LogP) is 7.45. The minimum atomic E-state index is -0.307. The largest absolute Gasteiger partial charge is 0.465 e. The number of ether oxygens (including phenoxy) is 1. The second-order valence-electron chi connectivity index (χ2n) is 7.78. The zero-order chi connectivity index (χ0) is 23.2. The number of nitrogens with zero attached hydrogens (tertiary/aromatic N) is 1. The van der Waals surface area contributed by atoms with Crippen molar-refractivity contribution in [2.24, 2.45) is 0 Å². The van der Waals surface area contributed by atoms with Crippen LogP contribution < -0.4 is 0 Å². The Labute approximate surface area is 204 Å². The number of aryl methyl sites for hydroxylation is 1. The highest BCUT2D eigenvalue weighted by Crippen LogP contribution is 2.28. The SMILES string of the molecule is COC(=O)c1ccccc1CC[C@@H](S)c1cccc(/C=C/c2ccc3ccc(Cl)cc3n2)c1. The molecule has 0 aliphatic rings. The molecule has 5 heteroatoms. The molecule has 33 heavy (non-hydrogen) atoms. The van der Waals surface area contributed by atoms with Gasteiger partial charge >= 0.3 is 5.97 Å². The molecule has 0 aliphatic carbocycles. The van der Waals surface area contributed by atoms with Crippen molar-refractivity contribution in [2.75, 3.05) is 7.11 Å². The van der Waals surface area contributed by atoms with Gasteiger partial charge < -0.3 is 4.74 Å². The van der Waals surface area contributed by atoms with E-state index in [0.717, 1.165) is 46.1 Å². The van der Waals surface area contributed by atoms with Gasteiger partial charge in [-0.3, -0.25) is 0 Å². The van der Waals surface area contributed by atoms with Crippen molar-refractivity contribution >= 4 is 53.3 Å². The van der Waals surface area contributed by atoms with Crippen molar-refractivity contribution in [1.82, 2.24) is 4.98 Å². The summed E-state index contributed by atoms with van der Waals surface area (Å²) in [5.74, 6) is -0.307. The predicted molar refractivity (Wildman–Crippen MR) is 140 cm³/mol. The van der Waals surface area contributed by atoms with Gasteiger partial charge in [-0.15, -0.1) is 0 Å². The molecule has 166 valence electrons. The van der Waals surface area contributed by atoms with E-state index in [0.29, 0.717) is 10.6 Å². The first-order chi connectivity index (χ1) is 16.0. The number of esters is 1. The highest BCUT2D eigenvalue weighted by Gasteiger charge is 2.13. The fourth-order valence-electron chi connectivity index (χ4n) is 3.76. The Kier molecular flexibility index (Phi) is 7.48. The molecule has 3 aromatic carbocycles. The summed E-state index contributed by atoms with van der Waals surface area (Å²) < 4.78 is 4.90. The molecule has 0 saturated carbocycles. The van der Waals surface area contributed by atoms with Gasteiger partial charge in [0.2, 0.25) is 0 Å². The fraction of sp³-hybridized carbons (Fsp3) is 0.143. The summed E-state index contributed by atoms with van der Waals surface area (Å²) in [5, 5.41) is 1.79. The molecule has 0 saturated heterocycles. The molecule has 0 amide bonds. The molecular weight excluding hydrogens is 450 g/mol. The lowest BCUT2D eigenvalue weighted by Gasteiger charge is -2.13. The Morgan fingerprint density at radius 2 is 1.85 bits per heavy atom. The lowest BCUT2D eigenvalue weighted by atomic mass is 9.98. The van der Waals surface area contributed by atoms with Crippen LogP contribution in [0.4, 0.5) is 0 Å². The molecule has 0 aliphatic heterocycles. The van der Waals surface area contributed by atoms with Gasteiger partial charge in [0, 0.05) is 15.7 Å². The highest BCUT2D eigenvalue weighted by molar-refractivity contribution is 7.80. The van der Waals surface area contributed by atoms with Gasteiger partial charge in [-0.1, -0.05) is 72.3 Å². The van der Waals surface area contributed by atoms with Gasteiger partial charge in [0.1, 0.15) is 0 Å². The van der Waals surface area contributed by atoms with Crippen molar-refractivity contribution < 1.29 is 9.53 Å². The fourth-order valence-corrected chi connectivity index (χ4v) is 4.21. The average molecular weight is 474 g/mol. The molecule has 1 atom stereocenters. The summed E-state index contributed by atoms with van der Waals surface area (Å²) in [6.07, 6.45) is 5.59. The number of methoxy groups -OCH3 is 1. The number of carbonyl (C=O) groups is 1. The molecule has 0 fully saturated rings. The first kappa shape index (κ1) is 23.1. The van der Waals surface area contributed by atoms with Crippen molar-refractivity contribution in [1.29, 1.82) is 0 Å². The van der Waals surface area contributed by atoms with Crippen LogP contribution in [-0.4, -0.2) is 18.1 Å². The Balaban J connectivity index is 1.46. The average Bonchev–Trinajstić information content (AvgIpc) is 2.85. The second-order valence-corrected chi connectivity index (χ2v) is 8.84. The summed E-state index contributed by atoms with van der Waals surface area (Å²) in [4.78, 5) is 16.7. The van der Waals surface area contributed by atoms with Gasteiger partial charge in [0.15, 0.2) is 0 Å². The monoisotopic (exact) mass is 473 g/mol. The molecular formula is C28H24ClNO2S. The van der Waals surface area contributed by atoms with E-state index in [9.17, 15) is 4.79 Å². The molecule has 3 nitrogen and oxygen atoms in total. The van der Waals surface area contributed by atoms with Crippen LogP contribution in [0.5, 0.6) is 0 Å². The van der Waals surface area contributed by atoms with Crippen molar-refractivity contribution in [3.8, 4) is 0 Å². The van der Waals surface area contributed by atoms with Crippen molar-refractivity contribution in [3.05, 3.63) is 112 Å². The zero-order valence-electron chi connectivity index (χ0n) is 18.2. The standard InChI is InChI=1S/C28H24ClNO2S/c1-32-28(31)25-8-3-2-6-20(25)12-16-27(33)22-7-4-5-19(17-22)9-14-24-15-11-21-10-13-23(29)18-26(21)30-24/h2-11,13-15,17-18,27,33H,12,16H2,1H3/b14-9+/t27-/m1/s1. The van der Waals surface area contributed by atoms with Gasteiger partial charge in [-0.2, -0.15) is 12.6 Å². The van der Waals surface area contributed by atoms with Crippen LogP contribution in [-0.2, 0) is 11.2 Å². The molecule has 0 spiro atoms. The third-order valence-electron chi connectivity index (χ3n) is 5.53. The molecule has 0 N–H and O–H groups in total. The number of aromatic nitrogens is 1. The number of hydrogen-bond donors (Lipinski definition) is 1. The quantitative estimate of drug-likeness (QED) is 0.224.